The molecule has 0 spiro atoms. The quantitative estimate of drug-likeness (QED) is 0.819. The number of hydrogen-bond acceptors (Lipinski definition) is 3. The van der Waals surface area contributed by atoms with Crippen molar-refractivity contribution < 1.29 is 9.50 Å². The van der Waals surface area contributed by atoms with Gasteiger partial charge in [-0.15, -0.1) is 0 Å². The number of aromatic hydroxyl groups is 1. The largest absolute Gasteiger partial charge is 0.508 e. The first-order chi connectivity index (χ1) is 7.65. The Balaban J connectivity index is 1.98. The van der Waals surface area contributed by atoms with E-state index in [4.69, 9.17) is 5.11 Å². The Bertz CT molecular complexity index is 362. The molecular formula is C12H17FN2O. The molecule has 1 fully saturated rings. The number of nitrogens with zero attached hydrogens (tertiary/aromatic N) is 2. The van der Waals surface area contributed by atoms with Crippen molar-refractivity contribution in [1.82, 2.24) is 9.80 Å². The zero-order chi connectivity index (χ0) is 11.5. The molecule has 0 saturated carbocycles. The molecule has 3 nitrogen and oxygen atoms in total. The van der Waals surface area contributed by atoms with Crippen LogP contribution in [0.25, 0.3) is 0 Å². The Morgan fingerprint density at radius 1 is 1.25 bits per heavy atom. The summed E-state index contributed by atoms with van der Waals surface area (Å²) in [5.41, 5.74) is 0.655. The molecule has 0 atom stereocenters. The Hall–Kier alpha value is -1.13. The molecule has 1 aliphatic rings. The minimum atomic E-state index is -0.320. The van der Waals surface area contributed by atoms with E-state index in [0.29, 0.717) is 12.1 Å². The summed E-state index contributed by atoms with van der Waals surface area (Å²) in [5, 5.41) is 9.12. The molecule has 1 aromatic rings. The molecule has 0 amide bonds. The molecule has 1 aromatic carbocycles. The molecule has 1 N–H and O–H groups in total. The van der Waals surface area contributed by atoms with Crippen LogP contribution in [-0.4, -0.2) is 48.1 Å². The van der Waals surface area contributed by atoms with Crippen molar-refractivity contribution >= 4 is 0 Å². The summed E-state index contributed by atoms with van der Waals surface area (Å²) < 4.78 is 13.5. The van der Waals surface area contributed by atoms with E-state index < -0.39 is 0 Å². The normalized spacial score (nSPS) is 18.9. The lowest BCUT2D eigenvalue weighted by Gasteiger charge is -2.32. The van der Waals surface area contributed by atoms with Crippen molar-refractivity contribution in [1.29, 1.82) is 0 Å². The number of hydrogen-bond donors (Lipinski definition) is 1. The maximum Gasteiger partial charge on any atom is 0.131 e. The van der Waals surface area contributed by atoms with Gasteiger partial charge in [0.15, 0.2) is 0 Å². The van der Waals surface area contributed by atoms with Crippen molar-refractivity contribution in [3.05, 3.63) is 29.6 Å². The SMILES string of the molecule is CN1CCN(Cc2ccc(O)cc2F)CC1. The fourth-order valence-corrected chi connectivity index (χ4v) is 1.91. The summed E-state index contributed by atoms with van der Waals surface area (Å²) in [4.78, 5) is 4.50. The Labute approximate surface area is 95.1 Å². The zero-order valence-electron chi connectivity index (χ0n) is 9.49. The number of phenolic OH excluding ortho intramolecular Hbond substituents is 1. The van der Waals surface area contributed by atoms with Gasteiger partial charge < -0.3 is 10.0 Å². The van der Waals surface area contributed by atoms with Crippen molar-refractivity contribution in [3.8, 4) is 5.75 Å². The van der Waals surface area contributed by atoms with Crippen LogP contribution in [0.4, 0.5) is 4.39 Å². The summed E-state index contributed by atoms with van der Waals surface area (Å²) in [5.74, 6) is -0.335. The van der Waals surface area contributed by atoms with Crippen LogP contribution < -0.4 is 0 Å². The van der Waals surface area contributed by atoms with Crippen LogP contribution in [0, 0.1) is 5.82 Å². The van der Waals surface area contributed by atoms with Gasteiger partial charge in [0.25, 0.3) is 0 Å². The maximum atomic E-state index is 13.5. The van der Waals surface area contributed by atoms with Gasteiger partial charge in [-0.05, 0) is 13.1 Å². The topological polar surface area (TPSA) is 26.7 Å². The van der Waals surface area contributed by atoms with E-state index in [1.54, 1.807) is 6.07 Å². The first-order valence-corrected chi connectivity index (χ1v) is 5.53. The fourth-order valence-electron chi connectivity index (χ4n) is 1.91. The average molecular weight is 224 g/mol. The minimum absolute atomic E-state index is 0.0142. The predicted molar refractivity (Wildman–Crippen MR) is 60.8 cm³/mol. The van der Waals surface area contributed by atoms with Gasteiger partial charge in [0.1, 0.15) is 11.6 Å². The number of likely N-dealkylation sites (N-methyl/N-ethyl adjacent to an activating group) is 1. The van der Waals surface area contributed by atoms with Crippen LogP contribution in [0.1, 0.15) is 5.56 Å². The molecule has 0 aromatic heterocycles. The number of benzene rings is 1. The molecule has 1 aliphatic heterocycles. The molecule has 16 heavy (non-hydrogen) atoms. The van der Waals surface area contributed by atoms with Crippen LogP contribution in [-0.2, 0) is 6.54 Å². The zero-order valence-corrected chi connectivity index (χ0v) is 9.49. The van der Waals surface area contributed by atoms with Crippen LogP contribution in [0.2, 0.25) is 0 Å². The first-order valence-electron chi connectivity index (χ1n) is 5.53. The average Bonchev–Trinajstić information content (AvgIpc) is 2.25. The molecule has 1 heterocycles. The van der Waals surface area contributed by atoms with Crippen LogP contribution >= 0.6 is 0 Å². The number of phenols is 1. The lowest BCUT2D eigenvalue weighted by Crippen LogP contribution is -2.43. The van der Waals surface area contributed by atoms with Crippen LogP contribution in [0.5, 0.6) is 5.75 Å². The number of piperazine rings is 1. The van der Waals surface area contributed by atoms with Gasteiger partial charge in [-0.3, -0.25) is 4.90 Å². The molecule has 88 valence electrons. The molecule has 0 radical (unpaired) electrons. The van der Waals surface area contributed by atoms with Gasteiger partial charge in [0, 0.05) is 44.4 Å². The lowest BCUT2D eigenvalue weighted by molar-refractivity contribution is 0.147. The number of rotatable bonds is 2. The van der Waals surface area contributed by atoms with E-state index in [1.807, 2.05) is 0 Å². The van der Waals surface area contributed by atoms with E-state index >= 15 is 0 Å². The highest BCUT2D eigenvalue weighted by Crippen LogP contribution is 2.17. The third-order valence-electron chi connectivity index (χ3n) is 3.03. The van der Waals surface area contributed by atoms with Gasteiger partial charge in [0.2, 0.25) is 0 Å². The Kier molecular flexibility index (Phi) is 3.41. The summed E-state index contributed by atoms with van der Waals surface area (Å²) in [7, 11) is 2.10. The maximum absolute atomic E-state index is 13.5. The second-order valence-electron chi connectivity index (χ2n) is 4.36. The van der Waals surface area contributed by atoms with Crippen molar-refractivity contribution in [2.24, 2.45) is 0 Å². The molecule has 4 heteroatoms. The number of halogens is 1. The Morgan fingerprint density at radius 3 is 2.56 bits per heavy atom. The summed E-state index contributed by atoms with van der Waals surface area (Å²) in [6.07, 6.45) is 0. The minimum Gasteiger partial charge on any atom is -0.508 e. The van der Waals surface area contributed by atoms with E-state index in [9.17, 15) is 4.39 Å². The first kappa shape index (κ1) is 11.4. The van der Waals surface area contributed by atoms with E-state index in [-0.39, 0.29) is 11.6 Å². The molecular weight excluding hydrogens is 207 g/mol. The van der Waals surface area contributed by atoms with Crippen LogP contribution in [0.3, 0.4) is 0 Å². The smallest absolute Gasteiger partial charge is 0.131 e. The van der Waals surface area contributed by atoms with Gasteiger partial charge >= 0.3 is 0 Å². The summed E-state index contributed by atoms with van der Waals surface area (Å²) >= 11 is 0. The van der Waals surface area contributed by atoms with Crippen molar-refractivity contribution in [3.63, 3.8) is 0 Å². The van der Waals surface area contributed by atoms with E-state index in [2.05, 4.69) is 16.8 Å². The monoisotopic (exact) mass is 224 g/mol. The molecule has 1 saturated heterocycles. The lowest BCUT2D eigenvalue weighted by atomic mass is 10.1. The summed E-state index contributed by atoms with van der Waals surface area (Å²) in [6.45, 7) is 4.62. The van der Waals surface area contributed by atoms with Crippen molar-refractivity contribution in [2.75, 3.05) is 33.2 Å². The van der Waals surface area contributed by atoms with Crippen LogP contribution in [0.15, 0.2) is 18.2 Å². The highest BCUT2D eigenvalue weighted by molar-refractivity contribution is 5.27. The van der Waals surface area contributed by atoms with Gasteiger partial charge in [-0.25, -0.2) is 4.39 Å². The second-order valence-corrected chi connectivity index (χ2v) is 4.36. The molecule has 0 aliphatic carbocycles. The fraction of sp³-hybridized carbons (Fsp3) is 0.500. The predicted octanol–water partition coefficient (Wildman–Crippen LogP) is 1.28. The molecule has 2 rings (SSSR count). The third kappa shape index (κ3) is 2.71. The van der Waals surface area contributed by atoms with Gasteiger partial charge in [-0.1, -0.05) is 6.07 Å². The van der Waals surface area contributed by atoms with E-state index in [1.165, 1.54) is 12.1 Å². The molecule has 0 bridgehead atoms. The standard InChI is InChI=1S/C12H17FN2O/c1-14-4-6-15(7-5-14)9-10-2-3-11(16)8-12(10)13/h2-3,8,16H,4-7,9H2,1H3. The summed E-state index contributed by atoms with van der Waals surface area (Å²) in [6, 6.07) is 4.36. The Morgan fingerprint density at radius 2 is 1.94 bits per heavy atom. The highest BCUT2D eigenvalue weighted by Gasteiger charge is 2.15. The van der Waals surface area contributed by atoms with Gasteiger partial charge in [-0.2, -0.15) is 0 Å². The molecule has 0 unspecified atom stereocenters. The second kappa shape index (κ2) is 4.80. The van der Waals surface area contributed by atoms with Crippen molar-refractivity contribution in [2.45, 2.75) is 6.54 Å². The van der Waals surface area contributed by atoms with Gasteiger partial charge in [0.05, 0.1) is 0 Å². The third-order valence-corrected chi connectivity index (χ3v) is 3.03. The van der Waals surface area contributed by atoms with E-state index in [0.717, 1.165) is 26.2 Å². The highest BCUT2D eigenvalue weighted by atomic mass is 19.1.